The zero-order valence-corrected chi connectivity index (χ0v) is 8.68. The van der Waals surface area contributed by atoms with Gasteiger partial charge in [-0.2, -0.15) is 0 Å². The number of hydrogen-bond donors (Lipinski definition) is 0. The first-order chi connectivity index (χ1) is 5.74. The summed E-state index contributed by atoms with van der Waals surface area (Å²) >= 11 is 0. The Labute approximate surface area is 76.5 Å². The summed E-state index contributed by atoms with van der Waals surface area (Å²) in [6, 6.07) is 0. The van der Waals surface area contributed by atoms with Gasteiger partial charge in [0.25, 0.3) is 0 Å². The maximum atomic E-state index is 5.22. The molecule has 0 amide bonds. The first kappa shape index (κ1) is 10.0. The van der Waals surface area contributed by atoms with Crippen LogP contribution >= 0.6 is 0 Å². The predicted octanol–water partition coefficient (Wildman–Crippen LogP) is 3.10. The second-order valence-electron chi connectivity index (χ2n) is 4.48. The molecule has 0 spiro atoms. The van der Waals surface area contributed by atoms with Crippen molar-refractivity contribution in [3.8, 4) is 0 Å². The SMILES string of the molecule is COCC(CCC1CC1)C(C)C. The fourth-order valence-electron chi connectivity index (χ4n) is 1.68. The molecular weight excluding hydrogens is 148 g/mol. The van der Waals surface area contributed by atoms with Gasteiger partial charge < -0.3 is 4.74 Å². The van der Waals surface area contributed by atoms with Crippen molar-refractivity contribution >= 4 is 0 Å². The summed E-state index contributed by atoms with van der Waals surface area (Å²) < 4.78 is 5.22. The molecule has 1 heteroatoms. The lowest BCUT2D eigenvalue weighted by Gasteiger charge is -2.19. The molecule has 72 valence electrons. The third-order valence-electron chi connectivity index (χ3n) is 2.97. The van der Waals surface area contributed by atoms with Crippen molar-refractivity contribution in [1.82, 2.24) is 0 Å². The monoisotopic (exact) mass is 170 g/mol. The molecule has 1 nitrogen and oxygen atoms in total. The Hall–Kier alpha value is -0.0400. The molecule has 1 aliphatic carbocycles. The fraction of sp³-hybridized carbons (Fsp3) is 1.00. The van der Waals surface area contributed by atoms with Gasteiger partial charge in [0.05, 0.1) is 0 Å². The third-order valence-corrected chi connectivity index (χ3v) is 2.97. The van der Waals surface area contributed by atoms with Gasteiger partial charge in [0.15, 0.2) is 0 Å². The lowest BCUT2D eigenvalue weighted by Crippen LogP contribution is -2.15. The highest BCUT2D eigenvalue weighted by Gasteiger charge is 2.23. The molecule has 1 fully saturated rings. The van der Waals surface area contributed by atoms with Crippen molar-refractivity contribution in [3.63, 3.8) is 0 Å². The average Bonchev–Trinajstić information content (AvgIpc) is 2.80. The van der Waals surface area contributed by atoms with E-state index in [1.807, 2.05) is 7.11 Å². The van der Waals surface area contributed by atoms with Crippen LogP contribution in [0.2, 0.25) is 0 Å². The molecule has 0 aromatic carbocycles. The Morgan fingerprint density at radius 3 is 2.42 bits per heavy atom. The van der Waals surface area contributed by atoms with Crippen LogP contribution < -0.4 is 0 Å². The molecule has 0 saturated heterocycles. The summed E-state index contributed by atoms with van der Waals surface area (Å²) in [5, 5.41) is 0. The van der Waals surface area contributed by atoms with Gasteiger partial charge in [-0.15, -0.1) is 0 Å². The van der Waals surface area contributed by atoms with Crippen LogP contribution in [0, 0.1) is 17.8 Å². The predicted molar refractivity (Wildman–Crippen MR) is 52.2 cm³/mol. The van der Waals surface area contributed by atoms with Crippen LogP contribution in [0.5, 0.6) is 0 Å². The summed E-state index contributed by atoms with van der Waals surface area (Å²) in [6.45, 7) is 5.55. The summed E-state index contributed by atoms with van der Waals surface area (Å²) in [5.74, 6) is 2.64. The van der Waals surface area contributed by atoms with E-state index in [0.717, 1.165) is 24.4 Å². The van der Waals surface area contributed by atoms with Crippen molar-refractivity contribution in [1.29, 1.82) is 0 Å². The van der Waals surface area contributed by atoms with Crippen LogP contribution in [-0.2, 0) is 4.74 Å². The largest absolute Gasteiger partial charge is 0.384 e. The van der Waals surface area contributed by atoms with E-state index in [4.69, 9.17) is 4.74 Å². The van der Waals surface area contributed by atoms with E-state index in [2.05, 4.69) is 13.8 Å². The normalized spacial score (nSPS) is 20.0. The summed E-state index contributed by atoms with van der Waals surface area (Å²) in [5.41, 5.74) is 0. The van der Waals surface area contributed by atoms with Crippen LogP contribution in [0.3, 0.4) is 0 Å². The first-order valence-corrected chi connectivity index (χ1v) is 5.23. The van der Waals surface area contributed by atoms with E-state index < -0.39 is 0 Å². The van der Waals surface area contributed by atoms with Gasteiger partial charge in [0, 0.05) is 13.7 Å². The molecule has 1 atom stereocenters. The maximum absolute atomic E-state index is 5.22. The highest BCUT2D eigenvalue weighted by molar-refractivity contribution is 4.75. The minimum Gasteiger partial charge on any atom is -0.384 e. The molecule has 1 aliphatic rings. The highest BCUT2D eigenvalue weighted by atomic mass is 16.5. The van der Waals surface area contributed by atoms with Gasteiger partial charge in [0.2, 0.25) is 0 Å². The Bertz CT molecular complexity index is 116. The lowest BCUT2D eigenvalue weighted by atomic mass is 9.91. The van der Waals surface area contributed by atoms with Crippen molar-refractivity contribution in [2.24, 2.45) is 17.8 Å². The highest BCUT2D eigenvalue weighted by Crippen LogP contribution is 2.35. The molecule has 0 aromatic heterocycles. The van der Waals surface area contributed by atoms with E-state index in [0.29, 0.717) is 0 Å². The van der Waals surface area contributed by atoms with Crippen LogP contribution in [-0.4, -0.2) is 13.7 Å². The fourth-order valence-corrected chi connectivity index (χ4v) is 1.68. The van der Waals surface area contributed by atoms with E-state index in [1.54, 1.807) is 0 Å². The van der Waals surface area contributed by atoms with E-state index in [1.165, 1.54) is 25.7 Å². The molecule has 1 saturated carbocycles. The molecule has 0 heterocycles. The molecule has 0 N–H and O–H groups in total. The van der Waals surface area contributed by atoms with Gasteiger partial charge in [0.1, 0.15) is 0 Å². The van der Waals surface area contributed by atoms with Crippen molar-refractivity contribution in [3.05, 3.63) is 0 Å². The number of ether oxygens (including phenoxy) is 1. The van der Waals surface area contributed by atoms with Crippen molar-refractivity contribution in [2.75, 3.05) is 13.7 Å². The van der Waals surface area contributed by atoms with Crippen molar-refractivity contribution in [2.45, 2.75) is 39.5 Å². The van der Waals surface area contributed by atoms with E-state index in [-0.39, 0.29) is 0 Å². The number of hydrogen-bond acceptors (Lipinski definition) is 1. The minimum absolute atomic E-state index is 0.781. The quantitative estimate of drug-likeness (QED) is 0.595. The van der Waals surface area contributed by atoms with Crippen LogP contribution in [0.1, 0.15) is 39.5 Å². The lowest BCUT2D eigenvalue weighted by molar-refractivity contribution is 0.122. The number of methoxy groups -OCH3 is 1. The van der Waals surface area contributed by atoms with Crippen LogP contribution in [0.25, 0.3) is 0 Å². The molecule has 0 bridgehead atoms. The minimum atomic E-state index is 0.781. The zero-order chi connectivity index (χ0) is 8.97. The maximum Gasteiger partial charge on any atom is 0.0492 e. The topological polar surface area (TPSA) is 9.23 Å². The molecule has 1 unspecified atom stereocenters. The van der Waals surface area contributed by atoms with Gasteiger partial charge in [-0.1, -0.05) is 33.1 Å². The zero-order valence-electron chi connectivity index (χ0n) is 8.68. The van der Waals surface area contributed by atoms with Crippen molar-refractivity contribution < 1.29 is 4.74 Å². The second-order valence-corrected chi connectivity index (χ2v) is 4.48. The van der Waals surface area contributed by atoms with Gasteiger partial charge >= 0.3 is 0 Å². The molecule has 0 radical (unpaired) electrons. The Balaban J connectivity index is 2.11. The third kappa shape index (κ3) is 3.57. The van der Waals surface area contributed by atoms with Gasteiger partial charge in [-0.25, -0.2) is 0 Å². The molecular formula is C11H22O. The molecule has 12 heavy (non-hydrogen) atoms. The van der Waals surface area contributed by atoms with Crippen LogP contribution in [0.15, 0.2) is 0 Å². The smallest absolute Gasteiger partial charge is 0.0492 e. The average molecular weight is 170 g/mol. The summed E-state index contributed by atoms with van der Waals surface area (Å²) in [7, 11) is 1.81. The molecule has 0 aromatic rings. The van der Waals surface area contributed by atoms with Gasteiger partial charge in [-0.3, -0.25) is 0 Å². The Morgan fingerprint density at radius 2 is 2.00 bits per heavy atom. The van der Waals surface area contributed by atoms with Gasteiger partial charge in [-0.05, 0) is 24.2 Å². The Morgan fingerprint density at radius 1 is 1.33 bits per heavy atom. The molecule has 0 aliphatic heterocycles. The van der Waals surface area contributed by atoms with E-state index in [9.17, 15) is 0 Å². The van der Waals surface area contributed by atoms with E-state index >= 15 is 0 Å². The molecule has 1 rings (SSSR count). The summed E-state index contributed by atoms with van der Waals surface area (Å²) in [4.78, 5) is 0. The Kier molecular flexibility index (Phi) is 4.07. The second kappa shape index (κ2) is 4.86. The first-order valence-electron chi connectivity index (χ1n) is 5.23. The standard InChI is InChI=1S/C11H22O/c1-9(2)11(8-12-3)7-6-10-4-5-10/h9-11H,4-8H2,1-3H3. The summed E-state index contributed by atoms with van der Waals surface area (Å²) in [6.07, 6.45) is 5.78. The van der Waals surface area contributed by atoms with Crippen LogP contribution in [0.4, 0.5) is 0 Å². The number of rotatable bonds is 6.